The van der Waals surface area contributed by atoms with E-state index in [1.54, 1.807) is 0 Å². The monoisotopic (exact) mass is 290 g/mol. The first-order chi connectivity index (χ1) is 9.54. The molecule has 20 heavy (non-hydrogen) atoms. The Labute approximate surface area is 126 Å². The van der Waals surface area contributed by atoms with Gasteiger partial charge in [0.05, 0.1) is 11.4 Å². The summed E-state index contributed by atoms with van der Waals surface area (Å²) in [5.41, 5.74) is 2.33. The fraction of sp³-hybridized carbons (Fsp3) is 0.529. The van der Waals surface area contributed by atoms with Crippen LogP contribution in [0.3, 0.4) is 0 Å². The number of benzene rings is 1. The molecule has 108 valence electrons. The van der Waals surface area contributed by atoms with Crippen molar-refractivity contribution in [3.63, 3.8) is 0 Å². The summed E-state index contributed by atoms with van der Waals surface area (Å²) in [4.78, 5) is 2.13. The Bertz CT molecular complexity index is 524. The first kappa shape index (κ1) is 13.8. The first-order valence-electron chi connectivity index (χ1n) is 7.46. The number of fused-ring (bicyclic) bond motifs is 2. The Morgan fingerprint density at radius 2 is 2.05 bits per heavy atom. The molecule has 0 aromatic heterocycles. The maximum atomic E-state index is 6.16. The quantitative estimate of drug-likeness (QED) is 0.826. The summed E-state index contributed by atoms with van der Waals surface area (Å²) in [5, 5.41) is 4.49. The molecule has 0 saturated heterocycles. The molecule has 1 aromatic carbocycles. The standard InChI is InChI=1S/C17H23ClN2/c1-11(15-9-12-4-5-13(15)8-12)19-16-10-14(18)6-7-17(16)20(2)3/h4-7,10-13,15,19H,8-9H2,1-3H3. The van der Waals surface area contributed by atoms with E-state index in [4.69, 9.17) is 11.6 Å². The summed E-state index contributed by atoms with van der Waals surface area (Å²) in [7, 11) is 4.14. The van der Waals surface area contributed by atoms with E-state index in [1.165, 1.54) is 18.5 Å². The molecule has 2 bridgehead atoms. The van der Waals surface area contributed by atoms with Gasteiger partial charge in [0.25, 0.3) is 0 Å². The van der Waals surface area contributed by atoms with E-state index in [0.29, 0.717) is 6.04 Å². The second-order valence-electron chi connectivity index (χ2n) is 6.43. The molecule has 0 aliphatic heterocycles. The van der Waals surface area contributed by atoms with Crippen LogP contribution in [-0.4, -0.2) is 20.1 Å². The molecule has 0 heterocycles. The van der Waals surface area contributed by atoms with E-state index in [0.717, 1.165) is 28.5 Å². The smallest absolute Gasteiger partial charge is 0.0597 e. The van der Waals surface area contributed by atoms with E-state index in [1.807, 2.05) is 12.1 Å². The van der Waals surface area contributed by atoms with Crippen molar-refractivity contribution in [2.75, 3.05) is 24.3 Å². The summed E-state index contributed by atoms with van der Waals surface area (Å²) in [5.74, 6) is 2.34. The molecule has 0 spiro atoms. The van der Waals surface area contributed by atoms with Gasteiger partial charge in [-0.2, -0.15) is 0 Å². The van der Waals surface area contributed by atoms with Crippen molar-refractivity contribution in [1.29, 1.82) is 0 Å². The molecule has 4 unspecified atom stereocenters. The minimum Gasteiger partial charge on any atom is -0.381 e. The number of rotatable bonds is 4. The SMILES string of the molecule is CC(Nc1cc(Cl)ccc1N(C)C)C1CC2C=CC1C2. The average molecular weight is 291 g/mol. The van der Waals surface area contributed by atoms with Crippen molar-refractivity contribution in [1.82, 2.24) is 0 Å². The third kappa shape index (κ3) is 2.54. The second kappa shape index (κ2) is 5.33. The van der Waals surface area contributed by atoms with Gasteiger partial charge in [0, 0.05) is 25.2 Å². The summed E-state index contributed by atoms with van der Waals surface area (Å²) < 4.78 is 0. The second-order valence-corrected chi connectivity index (χ2v) is 6.87. The highest BCUT2D eigenvalue weighted by molar-refractivity contribution is 6.31. The van der Waals surface area contributed by atoms with Crippen LogP contribution in [0.25, 0.3) is 0 Å². The van der Waals surface area contributed by atoms with Gasteiger partial charge in [-0.15, -0.1) is 0 Å². The molecule has 4 atom stereocenters. The number of hydrogen-bond acceptors (Lipinski definition) is 2. The Morgan fingerprint density at radius 1 is 1.25 bits per heavy atom. The van der Waals surface area contributed by atoms with Crippen molar-refractivity contribution in [2.45, 2.75) is 25.8 Å². The molecular formula is C17H23ClN2. The molecule has 1 N–H and O–H groups in total. The van der Waals surface area contributed by atoms with Crippen LogP contribution in [0.1, 0.15) is 19.8 Å². The minimum absolute atomic E-state index is 0.479. The summed E-state index contributed by atoms with van der Waals surface area (Å²) in [6.07, 6.45) is 7.50. The fourth-order valence-electron chi connectivity index (χ4n) is 3.76. The van der Waals surface area contributed by atoms with Crippen molar-refractivity contribution >= 4 is 23.0 Å². The highest BCUT2D eigenvalue weighted by Gasteiger charge is 2.38. The molecule has 1 aromatic rings. The number of nitrogens with zero attached hydrogens (tertiary/aromatic N) is 1. The summed E-state index contributed by atoms with van der Waals surface area (Å²) in [6, 6.07) is 6.55. The lowest BCUT2D eigenvalue weighted by molar-refractivity contribution is 0.400. The van der Waals surface area contributed by atoms with Crippen LogP contribution in [0.15, 0.2) is 30.4 Å². The van der Waals surface area contributed by atoms with Crippen molar-refractivity contribution < 1.29 is 0 Å². The highest BCUT2D eigenvalue weighted by Crippen LogP contribution is 2.45. The number of hydrogen-bond donors (Lipinski definition) is 1. The number of halogens is 1. The van der Waals surface area contributed by atoms with Gasteiger partial charge < -0.3 is 10.2 Å². The van der Waals surface area contributed by atoms with Gasteiger partial charge in [-0.1, -0.05) is 23.8 Å². The molecule has 3 rings (SSSR count). The molecule has 1 fully saturated rings. The molecule has 1 saturated carbocycles. The zero-order chi connectivity index (χ0) is 14.3. The van der Waals surface area contributed by atoms with Gasteiger partial charge in [0.1, 0.15) is 0 Å². The van der Waals surface area contributed by atoms with Crippen LogP contribution in [0.5, 0.6) is 0 Å². The number of allylic oxidation sites excluding steroid dienone is 2. The van der Waals surface area contributed by atoms with Crippen LogP contribution >= 0.6 is 11.6 Å². The van der Waals surface area contributed by atoms with E-state index in [2.05, 4.69) is 49.5 Å². The first-order valence-corrected chi connectivity index (χ1v) is 7.84. The normalized spacial score (nSPS) is 28.7. The van der Waals surface area contributed by atoms with Crippen LogP contribution in [0, 0.1) is 17.8 Å². The zero-order valence-electron chi connectivity index (χ0n) is 12.4. The van der Waals surface area contributed by atoms with Gasteiger partial charge in [0.2, 0.25) is 0 Å². The Hall–Kier alpha value is -1.15. The van der Waals surface area contributed by atoms with Crippen LogP contribution in [-0.2, 0) is 0 Å². The van der Waals surface area contributed by atoms with E-state index in [9.17, 15) is 0 Å². The van der Waals surface area contributed by atoms with Crippen molar-refractivity contribution in [3.05, 3.63) is 35.4 Å². The average Bonchev–Trinajstić information content (AvgIpc) is 3.00. The van der Waals surface area contributed by atoms with Crippen LogP contribution in [0.4, 0.5) is 11.4 Å². The molecule has 0 radical (unpaired) electrons. The number of nitrogens with one attached hydrogen (secondary N) is 1. The van der Waals surface area contributed by atoms with Gasteiger partial charge in [-0.05, 0) is 55.7 Å². The largest absolute Gasteiger partial charge is 0.381 e. The van der Waals surface area contributed by atoms with Crippen molar-refractivity contribution in [3.8, 4) is 0 Å². The molecular weight excluding hydrogens is 268 g/mol. The van der Waals surface area contributed by atoms with Gasteiger partial charge in [-0.3, -0.25) is 0 Å². The maximum absolute atomic E-state index is 6.16. The highest BCUT2D eigenvalue weighted by atomic mass is 35.5. The Kier molecular flexibility index (Phi) is 3.68. The zero-order valence-corrected chi connectivity index (χ0v) is 13.2. The minimum atomic E-state index is 0.479. The lowest BCUT2D eigenvalue weighted by atomic mass is 9.87. The Morgan fingerprint density at radius 3 is 2.65 bits per heavy atom. The van der Waals surface area contributed by atoms with Crippen LogP contribution in [0.2, 0.25) is 5.02 Å². The third-order valence-electron chi connectivity index (χ3n) is 4.80. The van der Waals surface area contributed by atoms with E-state index >= 15 is 0 Å². The molecule has 2 aliphatic rings. The molecule has 0 amide bonds. The van der Waals surface area contributed by atoms with Gasteiger partial charge in [0.15, 0.2) is 0 Å². The third-order valence-corrected chi connectivity index (χ3v) is 5.03. The predicted octanol–water partition coefficient (Wildman–Crippen LogP) is 4.42. The van der Waals surface area contributed by atoms with Crippen molar-refractivity contribution in [2.24, 2.45) is 17.8 Å². The predicted molar refractivity (Wildman–Crippen MR) is 87.7 cm³/mol. The van der Waals surface area contributed by atoms with Crippen LogP contribution < -0.4 is 10.2 Å². The Balaban J connectivity index is 1.77. The lowest BCUT2D eigenvalue weighted by Crippen LogP contribution is -2.29. The number of anilines is 2. The fourth-order valence-corrected chi connectivity index (χ4v) is 3.94. The van der Waals surface area contributed by atoms with Gasteiger partial charge in [-0.25, -0.2) is 0 Å². The molecule has 2 nitrogen and oxygen atoms in total. The maximum Gasteiger partial charge on any atom is 0.0597 e. The summed E-state index contributed by atoms with van der Waals surface area (Å²) in [6.45, 7) is 2.31. The van der Waals surface area contributed by atoms with E-state index < -0.39 is 0 Å². The summed E-state index contributed by atoms with van der Waals surface area (Å²) >= 11 is 6.16. The molecule has 3 heteroatoms. The van der Waals surface area contributed by atoms with E-state index in [-0.39, 0.29) is 0 Å². The lowest BCUT2D eigenvalue weighted by Gasteiger charge is -2.29. The topological polar surface area (TPSA) is 15.3 Å². The molecule has 2 aliphatic carbocycles. The van der Waals surface area contributed by atoms with Gasteiger partial charge >= 0.3 is 0 Å².